The third-order valence-electron chi connectivity index (χ3n) is 6.14. The van der Waals surface area contributed by atoms with Crippen LogP contribution >= 0.6 is 0 Å². The van der Waals surface area contributed by atoms with Crippen molar-refractivity contribution in [2.24, 2.45) is 0 Å². The van der Waals surface area contributed by atoms with Crippen molar-refractivity contribution in [2.45, 2.75) is 0 Å². The molecule has 6 nitrogen and oxygen atoms in total. The van der Waals surface area contributed by atoms with Gasteiger partial charge < -0.3 is 20.0 Å². The maximum atomic E-state index is 11.4. The van der Waals surface area contributed by atoms with Gasteiger partial charge in [-0.05, 0) is 97.1 Å². The van der Waals surface area contributed by atoms with Crippen molar-refractivity contribution >= 4 is 46.1 Å². The lowest BCUT2D eigenvalue weighted by atomic mass is 10.1. The van der Waals surface area contributed by atoms with E-state index < -0.39 is 11.9 Å². The zero-order valence-electron chi connectivity index (χ0n) is 20.3. The minimum absolute atomic E-state index is 0.187. The second-order valence-corrected chi connectivity index (χ2v) is 8.56. The number of nitrogens with zero attached hydrogens (tertiary/aromatic N) is 2. The van der Waals surface area contributed by atoms with Crippen LogP contribution in [0, 0.1) is 0 Å². The Morgan fingerprint density at radius 2 is 0.605 bits per heavy atom. The first kappa shape index (κ1) is 24.3. The number of carbonyl (C=O) groups is 2. The summed E-state index contributed by atoms with van der Waals surface area (Å²) in [5.74, 6) is -2.00. The van der Waals surface area contributed by atoms with Crippen LogP contribution in [0.15, 0.2) is 133 Å². The molecule has 0 aromatic heterocycles. The predicted molar refractivity (Wildman–Crippen MR) is 150 cm³/mol. The number of benzene rings is 5. The first-order valence-electron chi connectivity index (χ1n) is 12.0. The largest absolute Gasteiger partial charge is 0.478 e. The highest BCUT2D eigenvalue weighted by Gasteiger charge is 2.17. The topological polar surface area (TPSA) is 81.1 Å². The van der Waals surface area contributed by atoms with Crippen molar-refractivity contribution < 1.29 is 19.8 Å². The molecular formula is C32H24N2O4. The van der Waals surface area contributed by atoms with Gasteiger partial charge >= 0.3 is 11.9 Å². The highest BCUT2D eigenvalue weighted by atomic mass is 16.4. The number of aromatic carboxylic acids is 2. The number of anilines is 6. The van der Waals surface area contributed by atoms with E-state index in [2.05, 4.69) is 29.2 Å². The van der Waals surface area contributed by atoms with Gasteiger partial charge in [0.1, 0.15) is 0 Å². The molecule has 6 heteroatoms. The van der Waals surface area contributed by atoms with E-state index >= 15 is 0 Å². The molecule has 0 fully saturated rings. The molecule has 0 saturated carbocycles. The van der Waals surface area contributed by atoms with Crippen molar-refractivity contribution in [2.75, 3.05) is 9.80 Å². The van der Waals surface area contributed by atoms with Crippen molar-refractivity contribution in [3.8, 4) is 0 Å². The number of hydrogen-bond donors (Lipinski definition) is 2. The SMILES string of the molecule is O=C(O)c1ccc(N(c2ccc(C(=O)O)cc2)c2ccc(N(c3ccccc3)c3ccccc3)cc2)cc1. The van der Waals surface area contributed by atoms with Gasteiger partial charge in [0.2, 0.25) is 0 Å². The maximum absolute atomic E-state index is 11.4. The molecule has 0 amide bonds. The molecule has 38 heavy (non-hydrogen) atoms. The lowest BCUT2D eigenvalue weighted by Gasteiger charge is -2.28. The summed E-state index contributed by atoms with van der Waals surface area (Å²) in [6.45, 7) is 0. The van der Waals surface area contributed by atoms with Crippen LogP contribution in [-0.4, -0.2) is 22.2 Å². The Morgan fingerprint density at radius 1 is 0.368 bits per heavy atom. The van der Waals surface area contributed by atoms with E-state index in [0.717, 1.165) is 34.1 Å². The lowest BCUT2D eigenvalue weighted by molar-refractivity contribution is 0.0686. The number of hydrogen-bond acceptors (Lipinski definition) is 4. The van der Waals surface area contributed by atoms with Crippen molar-refractivity contribution in [3.05, 3.63) is 145 Å². The number of rotatable bonds is 8. The Labute approximate surface area is 220 Å². The highest BCUT2D eigenvalue weighted by Crippen LogP contribution is 2.38. The first-order valence-corrected chi connectivity index (χ1v) is 12.0. The summed E-state index contributed by atoms with van der Waals surface area (Å²) >= 11 is 0. The van der Waals surface area contributed by atoms with Crippen LogP contribution < -0.4 is 9.80 Å². The van der Waals surface area contributed by atoms with Gasteiger partial charge in [-0.3, -0.25) is 0 Å². The monoisotopic (exact) mass is 500 g/mol. The summed E-state index contributed by atoms with van der Waals surface area (Å²) in [7, 11) is 0. The Kier molecular flexibility index (Phi) is 6.87. The molecule has 0 radical (unpaired) electrons. The summed E-state index contributed by atoms with van der Waals surface area (Å²) in [6, 6.07) is 41.4. The highest BCUT2D eigenvalue weighted by molar-refractivity contribution is 5.90. The van der Waals surface area contributed by atoms with Gasteiger partial charge in [-0.2, -0.15) is 0 Å². The summed E-state index contributed by atoms with van der Waals surface area (Å²) in [6.07, 6.45) is 0. The maximum Gasteiger partial charge on any atom is 0.335 e. The quantitative estimate of drug-likeness (QED) is 0.224. The lowest BCUT2D eigenvalue weighted by Crippen LogP contribution is -2.12. The number of para-hydroxylation sites is 2. The Morgan fingerprint density at radius 3 is 0.868 bits per heavy atom. The van der Waals surface area contributed by atoms with E-state index in [1.165, 1.54) is 0 Å². The van der Waals surface area contributed by atoms with Gasteiger partial charge in [0.05, 0.1) is 11.1 Å². The van der Waals surface area contributed by atoms with Gasteiger partial charge in [-0.25, -0.2) is 9.59 Å². The van der Waals surface area contributed by atoms with Crippen molar-refractivity contribution in [3.63, 3.8) is 0 Å². The van der Waals surface area contributed by atoms with Crippen molar-refractivity contribution in [1.29, 1.82) is 0 Å². The van der Waals surface area contributed by atoms with Crippen LogP contribution in [0.1, 0.15) is 20.7 Å². The Hall–Kier alpha value is -5.36. The molecule has 0 aliphatic heterocycles. The standard InChI is InChI=1S/C32H24N2O4/c35-31(36)23-11-15-27(16-12-23)34(28-17-13-24(14-18-28)32(37)38)30-21-19-29(20-22-30)33(25-7-3-1-4-8-25)26-9-5-2-6-10-26/h1-22H,(H,35,36)(H,37,38). The molecule has 0 atom stereocenters. The third kappa shape index (κ3) is 5.10. The van der Waals surface area contributed by atoms with Crippen LogP contribution in [0.4, 0.5) is 34.1 Å². The number of carboxylic acid groups (broad SMARTS) is 2. The van der Waals surface area contributed by atoms with E-state index in [4.69, 9.17) is 0 Å². The van der Waals surface area contributed by atoms with E-state index in [0.29, 0.717) is 0 Å². The third-order valence-corrected chi connectivity index (χ3v) is 6.14. The summed E-state index contributed by atoms with van der Waals surface area (Å²) in [5.41, 5.74) is 5.71. The van der Waals surface area contributed by atoms with E-state index in [1.54, 1.807) is 48.5 Å². The van der Waals surface area contributed by atoms with Crippen molar-refractivity contribution in [1.82, 2.24) is 0 Å². The average Bonchev–Trinajstić information content (AvgIpc) is 2.96. The molecule has 5 aromatic rings. The van der Waals surface area contributed by atoms with Crippen LogP contribution in [0.2, 0.25) is 0 Å². The van der Waals surface area contributed by atoms with E-state index in [9.17, 15) is 19.8 Å². The molecule has 0 aliphatic rings. The molecule has 0 spiro atoms. The molecular weight excluding hydrogens is 476 g/mol. The summed E-state index contributed by atoms with van der Waals surface area (Å²) < 4.78 is 0. The molecule has 0 aliphatic carbocycles. The Bertz CT molecular complexity index is 1440. The summed E-state index contributed by atoms with van der Waals surface area (Å²) in [5, 5.41) is 18.7. The fraction of sp³-hybridized carbons (Fsp3) is 0. The molecule has 5 aromatic carbocycles. The van der Waals surface area contributed by atoms with Gasteiger partial charge in [-0.1, -0.05) is 36.4 Å². The van der Waals surface area contributed by atoms with Crippen LogP contribution in [0.25, 0.3) is 0 Å². The zero-order chi connectivity index (χ0) is 26.5. The molecule has 5 rings (SSSR count). The zero-order valence-corrected chi connectivity index (χ0v) is 20.3. The van der Waals surface area contributed by atoms with Crippen LogP contribution in [0.5, 0.6) is 0 Å². The minimum atomic E-state index is -1.000. The molecule has 0 bridgehead atoms. The number of carboxylic acids is 2. The Balaban J connectivity index is 1.57. The minimum Gasteiger partial charge on any atom is -0.478 e. The van der Waals surface area contributed by atoms with Gasteiger partial charge in [0.15, 0.2) is 0 Å². The molecule has 0 saturated heterocycles. The fourth-order valence-electron chi connectivity index (χ4n) is 4.31. The van der Waals surface area contributed by atoms with Crippen LogP contribution in [-0.2, 0) is 0 Å². The van der Waals surface area contributed by atoms with E-state index in [-0.39, 0.29) is 11.1 Å². The van der Waals surface area contributed by atoms with Gasteiger partial charge in [0, 0.05) is 34.1 Å². The second kappa shape index (κ2) is 10.7. The molecule has 186 valence electrons. The molecule has 0 unspecified atom stereocenters. The molecule has 2 N–H and O–H groups in total. The average molecular weight is 501 g/mol. The summed E-state index contributed by atoms with van der Waals surface area (Å²) in [4.78, 5) is 26.9. The van der Waals surface area contributed by atoms with Gasteiger partial charge in [0.25, 0.3) is 0 Å². The second-order valence-electron chi connectivity index (χ2n) is 8.56. The predicted octanol–water partition coefficient (Wildman–Crippen LogP) is 8.02. The van der Waals surface area contributed by atoms with Gasteiger partial charge in [-0.15, -0.1) is 0 Å². The normalized spacial score (nSPS) is 10.5. The van der Waals surface area contributed by atoms with E-state index in [1.807, 2.05) is 65.6 Å². The fourth-order valence-corrected chi connectivity index (χ4v) is 4.31. The molecule has 0 heterocycles. The first-order chi connectivity index (χ1) is 18.5. The smallest absolute Gasteiger partial charge is 0.335 e. The van der Waals surface area contributed by atoms with Crippen LogP contribution in [0.3, 0.4) is 0 Å².